The molecule has 1 saturated carbocycles. The topological polar surface area (TPSA) is 29.5 Å². The molecule has 0 bridgehead atoms. The van der Waals surface area contributed by atoms with Gasteiger partial charge in [0.1, 0.15) is 6.29 Å². The first kappa shape index (κ1) is 23.6. The van der Waals surface area contributed by atoms with Gasteiger partial charge in [0.05, 0.1) is 0 Å². The summed E-state index contributed by atoms with van der Waals surface area (Å²) in [6, 6.07) is 0.699. The summed E-state index contributed by atoms with van der Waals surface area (Å²) in [5.74, 6) is 1.17. The van der Waals surface area contributed by atoms with Gasteiger partial charge in [0.15, 0.2) is 0 Å². The first-order valence-corrected chi connectivity index (χ1v) is 8.71. The zero-order valence-corrected chi connectivity index (χ0v) is 15.8. The van der Waals surface area contributed by atoms with Gasteiger partial charge in [-0.1, -0.05) is 13.0 Å². The second-order valence-corrected chi connectivity index (χ2v) is 6.19. The summed E-state index contributed by atoms with van der Waals surface area (Å²) in [5.41, 5.74) is 0. The standard InChI is InChI=1S/C10H16O.C6H15N.C3H8O/c1-2-3-9-4-6-10(8-11)7-5-9;1-5-7(4)6(2)3;1-3-4-2/h2,8-10H,1,3-7H2;6H,5H2,1-4H3;3H2,1-2H3. The van der Waals surface area contributed by atoms with Gasteiger partial charge in [-0.25, -0.2) is 0 Å². The van der Waals surface area contributed by atoms with Crippen LogP contribution in [0.25, 0.3) is 0 Å². The van der Waals surface area contributed by atoms with Crippen molar-refractivity contribution in [3.8, 4) is 0 Å². The molecule has 3 heteroatoms. The van der Waals surface area contributed by atoms with Crippen LogP contribution in [0.4, 0.5) is 0 Å². The lowest BCUT2D eigenvalue weighted by Crippen LogP contribution is -2.25. The van der Waals surface area contributed by atoms with Crippen molar-refractivity contribution in [2.45, 2.75) is 65.8 Å². The van der Waals surface area contributed by atoms with Crippen LogP contribution in [0.1, 0.15) is 59.8 Å². The number of carbonyl (C=O) groups is 1. The third kappa shape index (κ3) is 14.3. The van der Waals surface area contributed by atoms with E-state index in [9.17, 15) is 4.79 Å². The van der Waals surface area contributed by atoms with E-state index in [0.29, 0.717) is 12.0 Å². The second-order valence-electron chi connectivity index (χ2n) is 6.19. The molecule has 1 fully saturated rings. The molecular weight excluding hydrogens is 274 g/mol. The molecule has 0 spiro atoms. The number of nitrogens with zero attached hydrogens (tertiary/aromatic N) is 1. The van der Waals surface area contributed by atoms with Crippen molar-refractivity contribution < 1.29 is 9.53 Å². The number of hydrogen-bond acceptors (Lipinski definition) is 3. The number of aldehydes is 1. The van der Waals surface area contributed by atoms with Crippen molar-refractivity contribution in [2.75, 3.05) is 27.3 Å². The summed E-state index contributed by atoms with van der Waals surface area (Å²) in [6.45, 7) is 14.2. The van der Waals surface area contributed by atoms with Gasteiger partial charge in [-0.3, -0.25) is 0 Å². The highest BCUT2D eigenvalue weighted by molar-refractivity contribution is 5.53. The molecule has 22 heavy (non-hydrogen) atoms. The fourth-order valence-electron chi connectivity index (χ4n) is 2.16. The van der Waals surface area contributed by atoms with Gasteiger partial charge < -0.3 is 14.4 Å². The highest BCUT2D eigenvalue weighted by Gasteiger charge is 2.19. The number of methoxy groups -OCH3 is 1. The Hall–Kier alpha value is -0.670. The molecule has 3 nitrogen and oxygen atoms in total. The molecule has 0 atom stereocenters. The Morgan fingerprint density at radius 1 is 1.23 bits per heavy atom. The average molecular weight is 314 g/mol. The van der Waals surface area contributed by atoms with Gasteiger partial charge in [-0.2, -0.15) is 0 Å². The highest BCUT2D eigenvalue weighted by atomic mass is 16.5. The molecule has 0 amide bonds. The van der Waals surface area contributed by atoms with E-state index in [2.05, 4.69) is 44.0 Å². The van der Waals surface area contributed by atoms with Crippen molar-refractivity contribution >= 4 is 6.29 Å². The Morgan fingerprint density at radius 3 is 1.95 bits per heavy atom. The van der Waals surface area contributed by atoms with E-state index in [0.717, 1.165) is 44.6 Å². The first-order valence-electron chi connectivity index (χ1n) is 8.71. The van der Waals surface area contributed by atoms with Crippen molar-refractivity contribution in [2.24, 2.45) is 11.8 Å². The molecule has 1 aliphatic rings. The van der Waals surface area contributed by atoms with Crippen LogP contribution in [0.2, 0.25) is 0 Å². The van der Waals surface area contributed by atoms with E-state index < -0.39 is 0 Å². The van der Waals surface area contributed by atoms with Gasteiger partial charge in [0.25, 0.3) is 0 Å². The van der Waals surface area contributed by atoms with Crippen LogP contribution in [0.3, 0.4) is 0 Å². The predicted molar refractivity (Wildman–Crippen MR) is 97.3 cm³/mol. The number of rotatable bonds is 6. The Bertz CT molecular complexity index is 244. The van der Waals surface area contributed by atoms with E-state index in [4.69, 9.17) is 0 Å². The zero-order chi connectivity index (χ0) is 17.4. The Balaban J connectivity index is 0. The quantitative estimate of drug-likeness (QED) is 0.531. The van der Waals surface area contributed by atoms with Crippen LogP contribution >= 0.6 is 0 Å². The summed E-state index contributed by atoms with van der Waals surface area (Å²) in [5, 5.41) is 0. The molecule has 0 aromatic carbocycles. The van der Waals surface area contributed by atoms with Gasteiger partial charge in [-0.15, -0.1) is 6.58 Å². The summed E-state index contributed by atoms with van der Waals surface area (Å²) in [7, 11) is 3.81. The average Bonchev–Trinajstić information content (AvgIpc) is 2.55. The van der Waals surface area contributed by atoms with E-state index in [-0.39, 0.29) is 0 Å². The van der Waals surface area contributed by atoms with Crippen molar-refractivity contribution in [1.29, 1.82) is 0 Å². The molecule has 1 aliphatic carbocycles. The summed E-state index contributed by atoms with van der Waals surface area (Å²) >= 11 is 0. The molecule has 0 aromatic heterocycles. The number of ether oxygens (including phenoxy) is 1. The van der Waals surface area contributed by atoms with Crippen LogP contribution in [-0.4, -0.2) is 44.5 Å². The van der Waals surface area contributed by atoms with Crippen molar-refractivity contribution in [3.63, 3.8) is 0 Å². The summed E-state index contributed by atoms with van der Waals surface area (Å²) in [6.07, 6.45) is 8.87. The number of allylic oxidation sites excluding steroid dienone is 1. The van der Waals surface area contributed by atoms with Crippen LogP contribution in [0.5, 0.6) is 0 Å². The Labute approximate surface area is 139 Å². The van der Waals surface area contributed by atoms with Gasteiger partial charge in [-0.05, 0) is 72.4 Å². The zero-order valence-electron chi connectivity index (χ0n) is 15.8. The molecule has 0 N–H and O–H groups in total. The minimum atomic E-state index is 0.357. The van der Waals surface area contributed by atoms with Crippen LogP contribution < -0.4 is 0 Å². The van der Waals surface area contributed by atoms with Crippen LogP contribution in [-0.2, 0) is 9.53 Å². The van der Waals surface area contributed by atoms with Crippen LogP contribution in [0.15, 0.2) is 12.7 Å². The summed E-state index contributed by atoms with van der Waals surface area (Å²) < 4.78 is 4.54. The lowest BCUT2D eigenvalue weighted by Gasteiger charge is -2.23. The fraction of sp³-hybridized carbons (Fsp3) is 0.842. The monoisotopic (exact) mass is 313 g/mol. The molecule has 0 aliphatic heterocycles. The van der Waals surface area contributed by atoms with Gasteiger partial charge >= 0.3 is 0 Å². The maximum Gasteiger partial charge on any atom is 0.123 e. The Morgan fingerprint density at radius 2 is 1.73 bits per heavy atom. The molecule has 1 rings (SSSR count). The Kier molecular flexibility index (Phi) is 17.9. The maximum atomic E-state index is 10.4. The largest absolute Gasteiger partial charge is 0.385 e. The van der Waals surface area contributed by atoms with Gasteiger partial charge in [0.2, 0.25) is 0 Å². The normalized spacial score (nSPS) is 20.5. The van der Waals surface area contributed by atoms with Crippen molar-refractivity contribution in [3.05, 3.63) is 12.7 Å². The number of hydrogen-bond donors (Lipinski definition) is 0. The molecule has 0 unspecified atom stereocenters. The highest BCUT2D eigenvalue weighted by Crippen LogP contribution is 2.29. The lowest BCUT2D eigenvalue weighted by molar-refractivity contribution is -0.112. The van der Waals surface area contributed by atoms with E-state index in [1.165, 1.54) is 12.8 Å². The second kappa shape index (κ2) is 16.7. The first-order chi connectivity index (χ1) is 10.5. The smallest absolute Gasteiger partial charge is 0.123 e. The molecule has 0 radical (unpaired) electrons. The molecule has 0 saturated heterocycles. The SMILES string of the molecule is C=CCC1CCC(C=O)CC1.CCN(C)C(C)C.CCOC. The maximum absolute atomic E-state index is 10.4. The minimum absolute atomic E-state index is 0.357. The third-order valence-corrected chi connectivity index (χ3v) is 4.25. The lowest BCUT2D eigenvalue weighted by atomic mass is 9.81. The third-order valence-electron chi connectivity index (χ3n) is 4.25. The van der Waals surface area contributed by atoms with E-state index >= 15 is 0 Å². The van der Waals surface area contributed by atoms with Crippen molar-refractivity contribution in [1.82, 2.24) is 4.90 Å². The van der Waals surface area contributed by atoms with Gasteiger partial charge in [0, 0.05) is 25.7 Å². The summed E-state index contributed by atoms with van der Waals surface area (Å²) in [4.78, 5) is 12.7. The fourth-order valence-corrected chi connectivity index (χ4v) is 2.16. The molecule has 0 aromatic rings. The van der Waals surface area contributed by atoms with E-state index in [1.807, 2.05) is 13.0 Å². The minimum Gasteiger partial charge on any atom is -0.385 e. The molecule has 132 valence electrons. The molecule has 0 heterocycles. The van der Waals surface area contributed by atoms with E-state index in [1.54, 1.807) is 7.11 Å². The molecular formula is C19H39NO2. The number of carbonyl (C=O) groups excluding carboxylic acids is 1. The van der Waals surface area contributed by atoms with Crippen LogP contribution in [0, 0.1) is 11.8 Å². The predicted octanol–water partition coefficient (Wildman–Crippen LogP) is 4.57.